The van der Waals surface area contributed by atoms with Crippen molar-refractivity contribution in [2.75, 3.05) is 17.7 Å². The molecular weight excluding hydrogens is 359 g/mol. The highest BCUT2D eigenvalue weighted by molar-refractivity contribution is 6.31. The first-order valence-corrected chi connectivity index (χ1v) is 8.66. The summed E-state index contributed by atoms with van der Waals surface area (Å²) in [7, 11) is 0. The monoisotopic (exact) mass is 378 g/mol. The van der Waals surface area contributed by atoms with E-state index in [1.165, 1.54) is 6.07 Å². The first kappa shape index (κ1) is 18.6. The number of nitrogens with zero attached hydrogens (tertiary/aromatic N) is 2. The van der Waals surface area contributed by atoms with E-state index in [4.69, 9.17) is 17.3 Å². The van der Waals surface area contributed by atoms with Crippen LogP contribution in [-0.2, 0) is 0 Å². The van der Waals surface area contributed by atoms with Crippen LogP contribution in [0.5, 0.6) is 0 Å². The topological polar surface area (TPSA) is 104 Å². The van der Waals surface area contributed by atoms with Crippen LogP contribution in [0.2, 0.25) is 5.15 Å². The third-order valence-electron chi connectivity index (χ3n) is 4.48. The average Bonchev–Trinajstić information content (AvgIpc) is 2.95. The fourth-order valence-corrected chi connectivity index (χ4v) is 3.35. The van der Waals surface area contributed by atoms with Gasteiger partial charge in [-0.3, -0.25) is 0 Å². The molecule has 138 valence electrons. The summed E-state index contributed by atoms with van der Waals surface area (Å²) in [5, 5.41) is 22.6. The zero-order valence-corrected chi connectivity index (χ0v) is 14.7. The number of aliphatic hydroxyl groups excluding tert-OH is 2. The number of nitrogen functional groups attached to an aromatic ring is 1. The second-order valence-electron chi connectivity index (χ2n) is 6.31. The molecule has 5 N–H and O–H groups in total. The van der Waals surface area contributed by atoms with E-state index in [0.29, 0.717) is 29.8 Å². The van der Waals surface area contributed by atoms with Gasteiger partial charge < -0.3 is 21.3 Å². The molecule has 26 heavy (non-hydrogen) atoms. The Labute approximate surface area is 155 Å². The van der Waals surface area contributed by atoms with E-state index < -0.39 is 6.10 Å². The molecule has 0 aliphatic heterocycles. The molecule has 1 aliphatic rings. The largest absolute Gasteiger partial charge is 0.396 e. The Balaban J connectivity index is 1.87. The zero-order chi connectivity index (χ0) is 18.7. The zero-order valence-electron chi connectivity index (χ0n) is 13.9. The predicted molar refractivity (Wildman–Crippen MR) is 100 cm³/mol. The SMILES string of the molecule is Nc1nc(Cl)c(/C=C/c2ccccc2F)c(N[C@@H]2C[C@H](CO)[C@@H](O)C2)n1. The lowest BCUT2D eigenvalue weighted by Crippen LogP contribution is -2.19. The predicted octanol–water partition coefficient (Wildman–Crippen LogP) is 2.57. The van der Waals surface area contributed by atoms with Crippen LogP contribution in [0.25, 0.3) is 12.2 Å². The molecule has 1 saturated carbocycles. The van der Waals surface area contributed by atoms with Gasteiger partial charge in [0, 0.05) is 24.1 Å². The van der Waals surface area contributed by atoms with E-state index in [9.17, 15) is 14.6 Å². The molecule has 1 aromatic heterocycles. The molecule has 0 bridgehead atoms. The van der Waals surface area contributed by atoms with E-state index in [1.807, 2.05) is 0 Å². The van der Waals surface area contributed by atoms with Crippen molar-refractivity contribution in [2.24, 2.45) is 5.92 Å². The molecule has 1 aliphatic carbocycles. The number of nitrogens with one attached hydrogen (secondary N) is 1. The van der Waals surface area contributed by atoms with Crippen LogP contribution in [0.4, 0.5) is 16.2 Å². The van der Waals surface area contributed by atoms with Crippen molar-refractivity contribution in [3.8, 4) is 0 Å². The Bertz CT molecular complexity index is 818. The van der Waals surface area contributed by atoms with Crippen molar-refractivity contribution in [1.29, 1.82) is 0 Å². The number of aliphatic hydroxyl groups is 2. The lowest BCUT2D eigenvalue weighted by Gasteiger charge is -2.16. The van der Waals surface area contributed by atoms with Gasteiger partial charge in [-0.25, -0.2) is 9.37 Å². The van der Waals surface area contributed by atoms with Gasteiger partial charge >= 0.3 is 0 Å². The molecule has 0 radical (unpaired) electrons. The highest BCUT2D eigenvalue weighted by Crippen LogP contribution is 2.31. The average molecular weight is 379 g/mol. The summed E-state index contributed by atoms with van der Waals surface area (Å²) in [5.41, 5.74) is 6.58. The second-order valence-corrected chi connectivity index (χ2v) is 6.67. The third kappa shape index (κ3) is 4.12. The van der Waals surface area contributed by atoms with Crippen molar-refractivity contribution in [1.82, 2.24) is 9.97 Å². The summed E-state index contributed by atoms with van der Waals surface area (Å²) in [6, 6.07) is 6.27. The Hall–Kier alpha value is -2.22. The second kappa shape index (κ2) is 7.99. The van der Waals surface area contributed by atoms with Crippen LogP contribution in [0.3, 0.4) is 0 Å². The van der Waals surface area contributed by atoms with Crippen LogP contribution in [0, 0.1) is 11.7 Å². The molecule has 0 saturated heterocycles. The van der Waals surface area contributed by atoms with E-state index >= 15 is 0 Å². The van der Waals surface area contributed by atoms with E-state index in [2.05, 4.69) is 15.3 Å². The smallest absolute Gasteiger partial charge is 0.223 e. The summed E-state index contributed by atoms with van der Waals surface area (Å²) >= 11 is 6.21. The summed E-state index contributed by atoms with van der Waals surface area (Å²) < 4.78 is 13.8. The number of nitrogens with two attached hydrogens (primary N) is 1. The van der Waals surface area contributed by atoms with Crippen molar-refractivity contribution in [3.63, 3.8) is 0 Å². The van der Waals surface area contributed by atoms with E-state index in [-0.39, 0.29) is 35.5 Å². The highest BCUT2D eigenvalue weighted by atomic mass is 35.5. The lowest BCUT2D eigenvalue weighted by atomic mass is 10.1. The van der Waals surface area contributed by atoms with E-state index in [0.717, 1.165) is 0 Å². The van der Waals surface area contributed by atoms with Gasteiger partial charge in [0.15, 0.2) is 0 Å². The summed E-state index contributed by atoms with van der Waals surface area (Å²) in [6.45, 7) is -0.0773. The van der Waals surface area contributed by atoms with Gasteiger partial charge in [-0.1, -0.05) is 35.9 Å². The number of anilines is 2. The Morgan fingerprint density at radius 1 is 1.27 bits per heavy atom. The maximum absolute atomic E-state index is 13.8. The first-order chi connectivity index (χ1) is 12.5. The van der Waals surface area contributed by atoms with Gasteiger partial charge in [0.25, 0.3) is 0 Å². The molecule has 2 aromatic rings. The number of aromatic nitrogens is 2. The maximum atomic E-state index is 13.8. The minimum Gasteiger partial charge on any atom is -0.396 e. The Morgan fingerprint density at radius 2 is 2.04 bits per heavy atom. The summed E-state index contributed by atoms with van der Waals surface area (Å²) in [6.07, 6.45) is 3.70. The maximum Gasteiger partial charge on any atom is 0.223 e. The van der Waals surface area contributed by atoms with Gasteiger partial charge in [0.1, 0.15) is 16.8 Å². The quantitative estimate of drug-likeness (QED) is 0.596. The Morgan fingerprint density at radius 3 is 2.73 bits per heavy atom. The van der Waals surface area contributed by atoms with Crippen molar-refractivity contribution < 1.29 is 14.6 Å². The minimum absolute atomic E-state index is 0.0118. The van der Waals surface area contributed by atoms with Gasteiger partial charge in [-0.05, 0) is 25.0 Å². The van der Waals surface area contributed by atoms with Gasteiger partial charge in [-0.15, -0.1) is 0 Å². The van der Waals surface area contributed by atoms with Gasteiger partial charge in [0.05, 0.1) is 11.7 Å². The van der Waals surface area contributed by atoms with Crippen LogP contribution < -0.4 is 11.1 Å². The molecular formula is C18H20ClFN4O2. The highest BCUT2D eigenvalue weighted by Gasteiger charge is 2.33. The van der Waals surface area contributed by atoms with Crippen LogP contribution >= 0.6 is 11.6 Å². The molecule has 1 heterocycles. The first-order valence-electron chi connectivity index (χ1n) is 8.29. The van der Waals surface area contributed by atoms with E-state index in [1.54, 1.807) is 30.4 Å². The Kier molecular flexibility index (Phi) is 5.70. The molecule has 6 nitrogen and oxygen atoms in total. The van der Waals surface area contributed by atoms with Crippen molar-refractivity contribution in [2.45, 2.75) is 25.0 Å². The summed E-state index contributed by atoms with van der Waals surface area (Å²) in [4.78, 5) is 8.14. The van der Waals surface area contributed by atoms with Crippen molar-refractivity contribution >= 4 is 35.5 Å². The lowest BCUT2D eigenvalue weighted by molar-refractivity contribution is 0.0908. The van der Waals surface area contributed by atoms with Gasteiger partial charge in [-0.2, -0.15) is 4.98 Å². The third-order valence-corrected chi connectivity index (χ3v) is 4.77. The van der Waals surface area contributed by atoms with Crippen LogP contribution in [-0.4, -0.2) is 38.9 Å². The number of hydrogen-bond donors (Lipinski definition) is 4. The fraction of sp³-hybridized carbons (Fsp3) is 0.333. The number of rotatable bonds is 5. The molecule has 1 fully saturated rings. The normalized spacial score (nSPS) is 22.8. The summed E-state index contributed by atoms with van der Waals surface area (Å²) in [5.74, 6) is -0.112. The molecule has 8 heteroatoms. The molecule has 0 unspecified atom stereocenters. The van der Waals surface area contributed by atoms with Crippen LogP contribution in [0.15, 0.2) is 24.3 Å². The van der Waals surface area contributed by atoms with Crippen molar-refractivity contribution in [3.05, 3.63) is 46.4 Å². The molecule has 0 amide bonds. The molecule has 3 atom stereocenters. The van der Waals surface area contributed by atoms with Crippen LogP contribution in [0.1, 0.15) is 24.0 Å². The number of hydrogen-bond acceptors (Lipinski definition) is 6. The molecule has 3 rings (SSSR count). The number of halogens is 2. The number of benzene rings is 1. The minimum atomic E-state index is -0.579. The molecule has 1 aromatic carbocycles. The fourth-order valence-electron chi connectivity index (χ4n) is 3.11. The van der Waals surface area contributed by atoms with Gasteiger partial charge in [0.2, 0.25) is 5.95 Å². The molecule has 0 spiro atoms. The standard InChI is InChI=1S/C18H20ClFN4O2/c19-16-13(6-5-10-3-1-2-4-14(10)20)17(24-18(21)23-16)22-12-7-11(9-25)15(26)8-12/h1-6,11-12,15,25-26H,7-9H2,(H3,21,22,23,24)/b6-5+/t11-,12-,15+/m1/s1.